The van der Waals surface area contributed by atoms with Crippen LogP contribution in [-0.4, -0.2) is 12.5 Å². The first-order valence-corrected chi connectivity index (χ1v) is 10.1. The smallest absolute Gasteiger partial charge is 0.316 e. The maximum absolute atomic E-state index is 13.3. The van der Waals surface area contributed by atoms with Crippen LogP contribution in [0.15, 0.2) is 72.8 Å². The van der Waals surface area contributed by atoms with Gasteiger partial charge >= 0.3 is 6.18 Å². The van der Waals surface area contributed by atoms with Gasteiger partial charge in [-0.3, -0.25) is 4.79 Å². The Morgan fingerprint density at radius 3 is 2.26 bits per heavy atom. The Labute approximate surface area is 184 Å². The number of nitrogens with zero attached hydrogens (tertiary/aromatic N) is 1. The Morgan fingerprint density at radius 1 is 1.03 bits per heavy atom. The summed E-state index contributed by atoms with van der Waals surface area (Å²) in [6.07, 6.45) is -4.02. The minimum absolute atomic E-state index is 0.256. The highest BCUT2D eigenvalue weighted by atomic mass is 35.5. The van der Waals surface area contributed by atoms with E-state index < -0.39 is 17.8 Å². The molecule has 0 bridgehead atoms. The lowest BCUT2D eigenvalue weighted by atomic mass is 10.0. The molecule has 1 amide bonds. The Bertz CT molecular complexity index is 1040. The number of alkyl halides is 3. The molecule has 0 aliphatic heterocycles. The quantitative estimate of drug-likeness (QED) is 0.509. The highest BCUT2D eigenvalue weighted by molar-refractivity contribution is 6.31. The van der Waals surface area contributed by atoms with Crippen molar-refractivity contribution in [3.8, 4) is 0 Å². The van der Waals surface area contributed by atoms with Crippen molar-refractivity contribution >= 4 is 23.2 Å². The van der Waals surface area contributed by atoms with Crippen LogP contribution in [0.2, 0.25) is 5.02 Å². The maximum atomic E-state index is 13.3. The van der Waals surface area contributed by atoms with E-state index in [9.17, 15) is 18.0 Å². The fourth-order valence-corrected chi connectivity index (χ4v) is 3.35. The Balaban J connectivity index is 1.85. The van der Waals surface area contributed by atoms with Gasteiger partial charge in [-0.25, -0.2) is 0 Å². The van der Waals surface area contributed by atoms with Crippen LogP contribution in [0.3, 0.4) is 0 Å². The molecule has 0 aliphatic rings. The number of amides is 1. The van der Waals surface area contributed by atoms with Crippen LogP contribution in [0, 0.1) is 6.92 Å². The fourth-order valence-electron chi connectivity index (χ4n) is 3.24. The molecule has 0 fully saturated rings. The van der Waals surface area contributed by atoms with Crippen LogP contribution in [0.5, 0.6) is 0 Å². The van der Waals surface area contributed by atoms with Gasteiger partial charge in [-0.05, 0) is 60.4 Å². The highest BCUT2D eigenvalue weighted by Crippen LogP contribution is 2.29. The van der Waals surface area contributed by atoms with Gasteiger partial charge < -0.3 is 10.6 Å². The lowest BCUT2D eigenvalue weighted by Gasteiger charge is -2.27. The third-order valence-corrected chi connectivity index (χ3v) is 5.47. The fraction of sp³-hybridized carbons (Fsp3) is 0.208. The minimum atomic E-state index is -4.39. The molecule has 0 radical (unpaired) electrons. The normalized spacial score (nSPS) is 12.5. The van der Waals surface area contributed by atoms with Crippen molar-refractivity contribution in [2.24, 2.45) is 5.73 Å². The topological polar surface area (TPSA) is 46.3 Å². The third kappa shape index (κ3) is 5.66. The first kappa shape index (κ1) is 22.8. The third-order valence-electron chi connectivity index (χ3n) is 5.05. The minimum Gasteiger partial charge on any atom is -0.316 e. The van der Waals surface area contributed by atoms with Crippen molar-refractivity contribution in [1.82, 2.24) is 0 Å². The van der Waals surface area contributed by atoms with Crippen LogP contribution in [0.25, 0.3) is 0 Å². The van der Waals surface area contributed by atoms with Crippen molar-refractivity contribution in [2.75, 3.05) is 11.4 Å². The zero-order valence-electron chi connectivity index (χ0n) is 16.9. The lowest BCUT2D eigenvalue weighted by Crippen LogP contribution is -2.40. The number of halogens is 4. The largest absolute Gasteiger partial charge is 0.416 e. The van der Waals surface area contributed by atoms with Gasteiger partial charge in [0.15, 0.2) is 0 Å². The van der Waals surface area contributed by atoms with Crippen molar-refractivity contribution in [2.45, 2.75) is 25.6 Å². The zero-order chi connectivity index (χ0) is 22.6. The van der Waals surface area contributed by atoms with Crippen molar-refractivity contribution in [3.63, 3.8) is 0 Å². The average molecular weight is 447 g/mol. The second kappa shape index (κ2) is 9.54. The molecule has 3 rings (SSSR count). The molecule has 0 saturated carbocycles. The van der Waals surface area contributed by atoms with Gasteiger partial charge in [-0.15, -0.1) is 0 Å². The number of hydrogen-bond acceptors (Lipinski definition) is 2. The molecule has 1 atom stereocenters. The van der Waals surface area contributed by atoms with Gasteiger partial charge in [0.2, 0.25) is 5.91 Å². The van der Waals surface area contributed by atoms with E-state index in [1.165, 1.54) is 12.1 Å². The Hall–Kier alpha value is -2.83. The van der Waals surface area contributed by atoms with E-state index in [1.54, 1.807) is 47.4 Å². The zero-order valence-corrected chi connectivity index (χ0v) is 17.6. The standard InChI is InChI=1S/C24H22ClF3N2O/c1-16-15-20(11-12-21(16)25)30(23(31)22(29)18-5-3-2-4-6-18)14-13-17-7-9-19(10-8-17)24(26,27)28/h2-12,15,22H,13-14,29H2,1H3. The van der Waals surface area contributed by atoms with E-state index in [-0.39, 0.29) is 12.5 Å². The van der Waals surface area contributed by atoms with Gasteiger partial charge in [-0.2, -0.15) is 13.2 Å². The van der Waals surface area contributed by atoms with Gasteiger partial charge in [0.25, 0.3) is 0 Å². The van der Waals surface area contributed by atoms with Crippen LogP contribution in [0.4, 0.5) is 18.9 Å². The van der Waals surface area contributed by atoms with E-state index in [1.807, 2.05) is 13.0 Å². The summed E-state index contributed by atoms with van der Waals surface area (Å²) in [6.45, 7) is 2.09. The van der Waals surface area contributed by atoms with Gasteiger partial charge in [0.05, 0.1) is 5.56 Å². The first-order valence-electron chi connectivity index (χ1n) is 9.71. The molecular weight excluding hydrogens is 425 g/mol. The molecular formula is C24H22ClF3N2O. The highest BCUT2D eigenvalue weighted by Gasteiger charge is 2.30. The molecule has 1 unspecified atom stereocenters. The van der Waals surface area contributed by atoms with Crippen LogP contribution in [0.1, 0.15) is 28.3 Å². The molecule has 0 aliphatic carbocycles. The molecule has 0 heterocycles. The molecule has 0 spiro atoms. The number of nitrogens with two attached hydrogens (primary N) is 1. The maximum Gasteiger partial charge on any atom is 0.416 e. The monoisotopic (exact) mass is 446 g/mol. The van der Waals surface area contributed by atoms with E-state index >= 15 is 0 Å². The number of carbonyl (C=O) groups is 1. The molecule has 7 heteroatoms. The predicted octanol–water partition coefficient (Wildman–Crippen LogP) is 5.94. The molecule has 162 valence electrons. The molecule has 0 aromatic heterocycles. The van der Waals surface area contributed by atoms with Gasteiger partial charge in [-0.1, -0.05) is 54.1 Å². The van der Waals surface area contributed by atoms with Crippen molar-refractivity contribution < 1.29 is 18.0 Å². The summed E-state index contributed by atoms with van der Waals surface area (Å²) in [6, 6.07) is 18.3. The average Bonchev–Trinajstić information content (AvgIpc) is 2.76. The summed E-state index contributed by atoms with van der Waals surface area (Å²) in [5.74, 6) is -0.306. The summed E-state index contributed by atoms with van der Waals surface area (Å²) in [7, 11) is 0. The predicted molar refractivity (Wildman–Crippen MR) is 117 cm³/mol. The van der Waals surface area contributed by atoms with Crippen molar-refractivity contribution in [3.05, 3.63) is 100 Å². The first-order chi connectivity index (χ1) is 14.7. The van der Waals surface area contributed by atoms with E-state index in [0.717, 1.165) is 17.7 Å². The van der Waals surface area contributed by atoms with Gasteiger partial charge in [0, 0.05) is 17.3 Å². The molecule has 3 aromatic rings. The van der Waals surface area contributed by atoms with E-state index in [2.05, 4.69) is 0 Å². The number of rotatable bonds is 6. The van der Waals surface area contributed by atoms with Crippen LogP contribution < -0.4 is 10.6 Å². The molecule has 3 aromatic carbocycles. The molecule has 0 saturated heterocycles. The summed E-state index contributed by atoms with van der Waals surface area (Å²) in [5.41, 5.74) is 8.33. The van der Waals surface area contributed by atoms with Crippen LogP contribution >= 0.6 is 11.6 Å². The second-order valence-electron chi connectivity index (χ2n) is 7.26. The molecule has 31 heavy (non-hydrogen) atoms. The summed E-state index contributed by atoms with van der Waals surface area (Å²) < 4.78 is 38.4. The molecule has 2 N–H and O–H groups in total. The van der Waals surface area contributed by atoms with Crippen LogP contribution in [-0.2, 0) is 17.4 Å². The Kier molecular flexibility index (Phi) is 7.03. The lowest BCUT2D eigenvalue weighted by molar-refractivity contribution is -0.137. The summed E-state index contributed by atoms with van der Waals surface area (Å²) in [4.78, 5) is 14.8. The number of benzene rings is 3. The van der Waals surface area contributed by atoms with Crippen molar-refractivity contribution in [1.29, 1.82) is 0 Å². The van der Waals surface area contributed by atoms with E-state index in [4.69, 9.17) is 17.3 Å². The summed E-state index contributed by atoms with van der Waals surface area (Å²) in [5, 5.41) is 0.575. The SMILES string of the molecule is Cc1cc(N(CCc2ccc(C(F)(F)F)cc2)C(=O)C(N)c2ccccc2)ccc1Cl. The number of hydrogen-bond donors (Lipinski definition) is 1. The summed E-state index contributed by atoms with van der Waals surface area (Å²) >= 11 is 6.13. The number of carbonyl (C=O) groups excluding carboxylic acids is 1. The van der Waals surface area contributed by atoms with Gasteiger partial charge in [0.1, 0.15) is 6.04 Å². The second-order valence-corrected chi connectivity index (χ2v) is 7.66. The molecule has 3 nitrogen and oxygen atoms in total. The number of anilines is 1. The van der Waals surface area contributed by atoms with E-state index in [0.29, 0.717) is 28.3 Å². The number of aryl methyl sites for hydroxylation is 1. The Morgan fingerprint density at radius 2 is 1.68 bits per heavy atom.